The molecule has 0 amide bonds. The Balaban J connectivity index is 1.60. The second-order valence-electron chi connectivity index (χ2n) is 12.5. The molecule has 1 heterocycles. The molecule has 2 aromatic carbocycles. The smallest absolute Gasteiger partial charge is 0.283 e. The van der Waals surface area contributed by atoms with Crippen LogP contribution in [0.2, 0.25) is 0 Å². The zero-order chi connectivity index (χ0) is 26.9. The van der Waals surface area contributed by atoms with Crippen molar-refractivity contribution in [2.45, 2.75) is 120 Å². The van der Waals surface area contributed by atoms with Gasteiger partial charge < -0.3 is 4.90 Å². The van der Waals surface area contributed by atoms with Crippen LogP contribution in [-0.2, 0) is 15.4 Å². The Hall–Kier alpha value is -2.47. The number of amidine groups is 2. The predicted octanol–water partition coefficient (Wildman–Crippen LogP) is 7.54. The number of rotatable bonds is 5. The van der Waals surface area contributed by atoms with E-state index in [0.29, 0.717) is 11.9 Å². The quantitative estimate of drug-likeness (QED) is 0.399. The first-order valence-corrected chi connectivity index (χ1v) is 16.0. The fourth-order valence-electron chi connectivity index (χ4n) is 6.15. The maximum atomic E-state index is 13.6. The first-order chi connectivity index (χ1) is 18.1. The van der Waals surface area contributed by atoms with Crippen molar-refractivity contribution >= 4 is 21.7 Å². The SMILES string of the molecule is Cc1ccc(S(=O)(=O)/N=C2/C(c3ccc(C(C)(C)C)cc3)C(=NC3CCCCC3)N2C2CCCCC2)cc1. The summed E-state index contributed by atoms with van der Waals surface area (Å²) in [6.45, 7) is 8.61. The average molecular weight is 534 g/mol. The molecule has 204 valence electrons. The van der Waals surface area contributed by atoms with Crippen molar-refractivity contribution in [1.29, 1.82) is 0 Å². The summed E-state index contributed by atoms with van der Waals surface area (Å²) in [5.74, 6) is 1.47. The molecule has 3 aliphatic rings. The Morgan fingerprint density at radius 3 is 1.92 bits per heavy atom. The van der Waals surface area contributed by atoms with E-state index in [0.717, 1.165) is 42.6 Å². The standard InChI is InChI=1S/C32H43N3O2S/c1-23-15-21-28(22-16-23)38(36,37)34-31-29(24-17-19-25(20-18-24)32(2,3)4)30(33-26-11-7-5-8-12-26)35(31)27-13-9-6-10-14-27/h15-22,26-27,29H,5-14H2,1-4H3/b33-30?,34-31-. The Bertz CT molecular complexity index is 1280. The van der Waals surface area contributed by atoms with Crippen molar-refractivity contribution in [3.8, 4) is 0 Å². The van der Waals surface area contributed by atoms with Gasteiger partial charge in [-0.05, 0) is 61.3 Å². The van der Waals surface area contributed by atoms with E-state index in [2.05, 4.69) is 54.3 Å². The monoisotopic (exact) mass is 533 g/mol. The van der Waals surface area contributed by atoms with Gasteiger partial charge in [0.2, 0.25) is 0 Å². The average Bonchev–Trinajstić information content (AvgIpc) is 2.89. The van der Waals surface area contributed by atoms with E-state index < -0.39 is 10.0 Å². The van der Waals surface area contributed by atoms with Crippen LogP contribution in [0.4, 0.5) is 0 Å². The normalized spacial score (nSPS) is 24.1. The van der Waals surface area contributed by atoms with Crippen molar-refractivity contribution < 1.29 is 8.42 Å². The molecular formula is C32H43N3O2S. The number of sulfonamides is 1. The van der Waals surface area contributed by atoms with Crippen LogP contribution in [0, 0.1) is 6.92 Å². The zero-order valence-corrected chi connectivity index (χ0v) is 24.3. The van der Waals surface area contributed by atoms with Crippen LogP contribution in [0.15, 0.2) is 62.8 Å². The number of benzene rings is 2. The van der Waals surface area contributed by atoms with Crippen molar-refractivity contribution in [3.05, 3.63) is 65.2 Å². The molecule has 5 rings (SSSR count). The highest BCUT2D eigenvalue weighted by molar-refractivity contribution is 7.90. The van der Waals surface area contributed by atoms with E-state index >= 15 is 0 Å². The molecule has 2 saturated carbocycles. The Kier molecular flexibility index (Phi) is 7.82. The van der Waals surface area contributed by atoms with Crippen LogP contribution in [0.3, 0.4) is 0 Å². The van der Waals surface area contributed by atoms with Gasteiger partial charge in [0.15, 0.2) is 0 Å². The Labute approximate surface area is 229 Å². The van der Waals surface area contributed by atoms with Gasteiger partial charge in [-0.2, -0.15) is 8.42 Å². The lowest BCUT2D eigenvalue weighted by Gasteiger charge is -2.49. The van der Waals surface area contributed by atoms with Gasteiger partial charge in [-0.1, -0.05) is 101 Å². The molecule has 3 fully saturated rings. The van der Waals surface area contributed by atoms with Crippen molar-refractivity contribution in [2.75, 3.05) is 0 Å². The number of nitrogens with zero attached hydrogens (tertiary/aromatic N) is 3. The van der Waals surface area contributed by atoms with E-state index in [-0.39, 0.29) is 22.3 Å². The number of likely N-dealkylation sites (tertiary alicyclic amines) is 1. The molecule has 2 aromatic rings. The first kappa shape index (κ1) is 27.1. The lowest BCUT2D eigenvalue weighted by molar-refractivity contribution is 0.293. The van der Waals surface area contributed by atoms with E-state index in [1.165, 1.54) is 44.1 Å². The summed E-state index contributed by atoms with van der Waals surface area (Å²) < 4.78 is 31.7. The maximum absolute atomic E-state index is 13.6. The van der Waals surface area contributed by atoms with Crippen molar-refractivity contribution in [1.82, 2.24) is 4.90 Å². The highest BCUT2D eigenvalue weighted by atomic mass is 32.2. The van der Waals surface area contributed by atoms with Crippen molar-refractivity contribution in [2.24, 2.45) is 9.39 Å². The van der Waals surface area contributed by atoms with Crippen LogP contribution in [0.1, 0.15) is 108 Å². The molecule has 5 nitrogen and oxygen atoms in total. The molecule has 0 bridgehead atoms. The summed E-state index contributed by atoms with van der Waals surface area (Å²) in [6.07, 6.45) is 11.7. The van der Waals surface area contributed by atoms with Crippen LogP contribution in [-0.4, -0.2) is 37.1 Å². The van der Waals surface area contributed by atoms with E-state index in [9.17, 15) is 8.42 Å². The summed E-state index contributed by atoms with van der Waals surface area (Å²) in [7, 11) is -3.85. The van der Waals surface area contributed by atoms with Crippen LogP contribution >= 0.6 is 0 Å². The third-order valence-corrected chi connectivity index (χ3v) is 9.78. The lowest BCUT2D eigenvalue weighted by Crippen LogP contribution is -2.61. The van der Waals surface area contributed by atoms with Gasteiger partial charge in [0, 0.05) is 6.04 Å². The summed E-state index contributed by atoms with van der Waals surface area (Å²) in [5.41, 5.74) is 3.43. The second-order valence-corrected chi connectivity index (χ2v) is 14.1. The molecule has 6 heteroatoms. The van der Waals surface area contributed by atoms with Gasteiger partial charge in [-0.3, -0.25) is 4.99 Å². The fourth-order valence-corrected chi connectivity index (χ4v) is 7.17. The van der Waals surface area contributed by atoms with Gasteiger partial charge >= 0.3 is 0 Å². The number of hydrogen-bond acceptors (Lipinski definition) is 3. The highest BCUT2D eigenvalue weighted by Crippen LogP contribution is 2.41. The summed E-state index contributed by atoms with van der Waals surface area (Å²) in [6, 6.07) is 16.3. The highest BCUT2D eigenvalue weighted by Gasteiger charge is 2.48. The van der Waals surface area contributed by atoms with Crippen LogP contribution in [0.25, 0.3) is 0 Å². The second kappa shape index (κ2) is 11.0. The molecule has 1 unspecified atom stereocenters. The molecule has 0 spiro atoms. The van der Waals surface area contributed by atoms with Crippen LogP contribution in [0.5, 0.6) is 0 Å². The molecular weight excluding hydrogens is 490 g/mol. The predicted molar refractivity (Wildman–Crippen MR) is 157 cm³/mol. The molecule has 38 heavy (non-hydrogen) atoms. The summed E-state index contributed by atoms with van der Waals surface area (Å²) >= 11 is 0. The Morgan fingerprint density at radius 2 is 1.34 bits per heavy atom. The van der Waals surface area contributed by atoms with Gasteiger partial charge in [-0.15, -0.1) is 4.40 Å². The van der Waals surface area contributed by atoms with Crippen molar-refractivity contribution in [3.63, 3.8) is 0 Å². The minimum absolute atomic E-state index is 0.0526. The number of hydrogen-bond donors (Lipinski definition) is 0. The molecule has 1 atom stereocenters. The molecule has 0 N–H and O–H groups in total. The third kappa shape index (κ3) is 5.75. The summed E-state index contributed by atoms with van der Waals surface area (Å²) in [5, 5.41) is 0. The lowest BCUT2D eigenvalue weighted by atomic mass is 9.81. The maximum Gasteiger partial charge on any atom is 0.283 e. The largest absolute Gasteiger partial charge is 0.313 e. The van der Waals surface area contributed by atoms with E-state index in [4.69, 9.17) is 4.99 Å². The van der Waals surface area contributed by atoms with Gasteiger partial charge in [0.05, 0.1) is 10.9 Å². The minimum atomic E-state index is -3.85. The first-order valence-electron chi connectivity index (χ1n) is 14.5. The minimum Gasteiger partial charge on any atom is -0.313 e. The Morgan fingerprint density at radius 1 is 0.763 bits per heavy atom. The molecule has 1 saturated heterocycles. The molecule has 2 aliphatic carbocycles. The van der Waals surface area contributed by atoms with E-state index in [1.54, 1.807) is 12.1 Å². The van der Waals surface area contributed by atoms with Crippen LogP contribution < -0.4 is 0 Å². The van der Waals surface area contributed by atoms with E-state index in [1.807, 2.05) is 19.1 Å². The van der Waals surface area contributed by atoms with Gasteiger partial charge in [0.1, 0.15) is 17.6 Å². The third-order valence-electron chi connectivity index (χ3n) is 8.48. The fraction of sp³-hybridized carbons (Fsp3) is 0.562. The molecule has 1 aliphatic heterocycles. The number of aliphatic imine (C=N–C) groups is 1. The number of aryl methyl sites for hydroxylation is 1. The summed E-state index contributed by atoms with van der Waals surface area (Å²) in [4.78, 5) is 7.83. The zero-order valence-electron chi connectivity index (χ0n) is 23.5. The molecule has 0 aromatic heterocycles. The van der Waals surface area contributed by atoms with Gasteiger partial charge in [-0.25, -0.2) is 0 Å². The molecule has 0 radical (unpaired) electrons. The van der Waals surface area contributed by atoms with Gasteiger partial charge in [0.25, 0.3) is 10.0 Å². The topological polar surface area (TPSA) is 62.1 Å².